The Morgan fingerprint density at radius 3 is 2.50 bits per heavy atom. The van der Waals surface area contributed by atoms with Gasteiger partial charge in [-0.25, -0.2) is 0 Å². The van der Waals surface area contributed by atoms with Crippen molar-refractivity contribution in [2.45, 2.75) is 38.1 Å². The number of ether oxygens (including phenoxy) is 3. The summed E-state index contributed by atoms with van der Waals surface area (Å²) in [6.45, 7) is 2.23. The Bertz CT molecular complexity index is 227. The maximum absolute atomic E-state index is 11.7. The van der Waals surface area contributed by atoms with E-state index in [1.165, 1.54) is 0 Å². The van der Waals surface area contributed by atoms with E-state index in [0.29, 0.717) is 26.4 Å². The molecular weight excluding hydrogens is 234 g/mol. The first-order valence-electron chi connectivity index (χ1n) is 6.73. The van der Waals surface area contributed by atoms with Crippen LogP contribution in [0.15, 0.2) is 0 Å². The number of esters is 1. The number of carbonyl (C=O) groups is 1. The summed E-state index contributed by atoms with van der Waals surface area (Å²) in [5, 5.41) is 0. The van der Waals surface area contributed by atoms with E-state index < -0.39 is 0 Å². The number of methoxy groups -OCH3 is 1. The molecule has 0 saturated heterocycles. The van der Waals surface area contributed by atoms with Crippen LogP contribution < -0.4 is 5.73 Å². The third-order valence-electron chi connectivity index (χ3n) is 3.21. The number of carbonyl (C=O) groups excluding carboxylic acids is 1. The summed E-state index contributed by atoms with van der Waals surface area (Å²) >= 11 is 0. The van der Waals surface area contributed by atoms with Crippen molar-refractivity contribution < 1.29 is 19.0 Å². The quantitative estimate of drug-likeness (QED) is 0.522. The van der Waals surface area contributed by atoms with Crippen molar-refractivity contribution in [2.24, 2.45) is 11.7 Å². The molecule has 1 saturated carbocycles. The van der Waals surface area contributed by atoms with E-state index in [-0.39, 0.29) is 17.9 Å². The zero-order chi connectivity index (χ0) is 13.2. The average Bonchev–Trinajstić information content (AvgIpc) is 2.38. The second-order valence-corrected chi connectivity index (χ2v) is 4.74. The van der Waals surface area contributed by atoms with Crippen LogP contribution in [0.5, 0.6) is 0 Å². The van der Waals surface area contributed by atoms with Gasteiger partial charge in [0.2, 0.25) is 0 Å². The van der Waals surface area contributed by atoms with Gasteiger partial charge in [-0.2, -0.15) is 0 Å². The Morgan fingerprint density at radius 1 is 1.11 bits per heavy atom. The lowest BCUT2D eigenvalue weighted by Gasteiger charge is -2.24. The minimum Gasteiger partial charge on any atom is -0.465 e. The number of nitrogens with two attached hydrogens (primary N) is 1. The van der Waals surface area contributed by atoms with Crippen molar-refractivity contribution in [1.82, 2.24) is 0 Å². The molecule has 0 amide bonds. The van der Waals surface area contributed by atoms with Crippen LogP contribution in [-0.2, 0) is 19.0 Å². The molecule has 106 valence electrons. The van der Waals surface area contributed by atoms with Crippen molar-refractivity contribution >= 4 is 5.97 Å². The van der Waals surface area contributed by atoms with Crippen LogP contribution in [0.4, 0.5) is 0 Å². The van der Waals surface area contributed by atoms with Gasteiger partial charge in [-0.05, 0) is 25.7 Å². The Balaban J connectivity index is 1.96. The Kier molecular flexibility index (Phi) is 7.96. The normalized spacial score (nSPS) is 23.9. The maximum Gasteiger partial charge on any atom is 0.308 e. The molecular formula is C13H25NO4. The molecule has 0 spiro atoms. The van der Waals surface area contributed by atoms with Crippen LogP contribution >= 0.6 is 0 Å². The molecule has 0 aromatic heterocycles. The zero-order valence-corrected chi connectivity index (χ0v) is 11.2. The summed E-state index contributed by atoms with van der Waals surface area (Å²) in [6, 6.07) is 0.267. The van der Waals surface area contributed by atoms with E-state index in [9.17, 15) is 4.79 Å². The van der Waals surface area contributed by atoms with E-state index in [1.54, 1.807) is 7.11 Å². The fraction of sp³-hybridized carbons (Fsp3) is 0.923. The van der Waals surface area contributed by atoms with Crippen LogP contribution in [0.3, 0.4) is 0 Å². The topological polar surface area (TPSA) is 70.8 Å². The Labute approximate surface area is 109 Å². The third kappa shape index (κ3) is 6.33. The van der Waals surface area contributed by atoms with E-state index >= 15 is 0 Å². The molecule has 1 aliphatic rings. The first-order valence-corrected chi connectivity index (χ1v) is 6.73. The lowest BCUT2D eigenvalue weighted by atomic mass is 9.86. The van der Waals surface area contributed by atoms with Gasteiger partial charge in [0.05, 0.1) is 25.7 Å². The Morgan fingerprint density at radius 2 is 1.83 bits per heavy atom. The molecule has 1 fully saturated rings. The van der Waals surface area contributed by atoms with Crippen LogP contribution in [-0.4, -0.2) is 45.5 Å². The predicted molar refractivity (Wildman–Crippen MR) is 68.2 cm³/mol. The standard InChI is InChI=1S/C13H25NO4/c1-16-9-10-17-7-2-8-18-13(15)11-3-5-12(14)6-4-11/h11-12H,2-10,14H2,1H3. The van der Waals surface area contributed by atoms with E-state index in [1.807, 2.05) is 0 Å². The SMILES string of the molecule is COCCOCCCOC(=O)C1CCC(N)CC1. The van der Waals surface area contributed by atoms with Gasteiger partial charge in [0.1, 0.15) is 0 Å². The van der Waals surface area contributed by atoms with Gasteiger partial charge in [0.25, 0.3) is 0 Å². The number of rotatable bonds is 8. The molecule has 0 atom stereocenters. The highest BCUT2D eigenvalue weighted by Gasteiger charge is 2.25. The minimum atomic E-state index is -0.0706. The summed E-state index contributed by atoms with van der Waals surface area (Å²) in [5.74, 6) is -0.0157. The highest BCUT2D eigenvalue weighted by atomic mass is 16.5. The van der Waals surface area contributed by atoms with Gasteiger partial charge in [-0.1, -0.05) is 0 Å². The minimum absolute atomic E-state index is 0.0548. The summed E-state index contributed by atoms with van der Waals surface area (Å²) in [4.78, 5) is 11.7. The second-order valence-electron chi connectivity index (χ2n) is 4.74. The van der Waals surface area contributed by atoms with E-state index in [4.69, 9.17) is 19.9 Å². The van der Waals surface area contributed by atoms with Crippen molar-refractivity contribution in [2.75, 3.05) is 33.5 Å². The molecule has 2 N–H and O–H groups in total. The van der Waals surface area contributed by atoms with Gasteiger partial charge in [0, 0.05) is 26.2 Å². The average molecular weight is 259 g/mol. The maximum atomic E-state index is 11.7. The van der Waals surface area contributed by atoms with Crippen molar-refractivity contribution in [3.63, 3.8) is 0 Å². The molecule has 5 nitrogen and oxygen atoms in total. The third-order valence-corrected chi connectivity index (χ3v) is 3.21. The van der Waals surface area contributed by atoms with Crippen LogP contribution in [0.2, 0.25) is 0 Å². The molecule has 5 heteroatoms. The lowest BCUT2D eigenvalue weighted by Crippen LogP contribution is -2.30. The van der Waals surface area contributed by atoms with Crippen molar-refractivity contribution in [1.29, 1.82) is 0 Å². The second kappa shape index (κ2) is 9.30. The molecule has 0 unspecified atom stereocenters. The molecule has 0 aromatic carbocycles. The largest absolute Gasteiger partial charge is 0.465 e. The van der Waals surface area contributed by atoms with Gasteiger partial charge < -0.3 is 19.9 Å². The molecule has 0 heterocycles. The lowest BCUT2D eigenvalue weighted by molar-refractivity contribution is -0.150. The van der Waals surface area contributed by atoms with E-state index in [2.05, 4.69) is 0 Å². The van der Waals surface area contributed by atoms with Crippen LogP contribution in [0, 0.1) is 5.92 Å². The first-order chi connectivity index (χ1) is 8.74. The van der Waals surface area contributed by atoms with Gasteiger partial charge in [0.15, 0.2) is 0 Å². The number of hydrogen-bond donors (Lipinski definition) is 1. The van der Waals surface area contributed by atoms with Gasteiger partial charge >= 0.3 is 5.97 Å². The fourth-order valence-electron chi connectivity index (χ4n) is 2.05. The van der Waals surface area contributed by atoms with Crippen LogP contribution in [0.25, 0.3) is 0 Å². The molecule has 0 aliphatic heterocycles. The van der Waals surface area contributed by atoms with Gasteiger partial charge in [-0.3, -0.25) is 4.79 Å². The molecule has 0 aromatic rings. The van der Waals surface area contributed by atoms with Crippen LogP contribution in [0.1, 0.15) is 32.1 Å². The van der Waals surface area contributed by atoms with Crippen molar-refractivity contribution in [3.05, 3.63) is 0 Å². The highest BCUT2D eigenvalue weighted by molar-refractivity contribution is 5.72. The number of hydrogen-bond acceptors (Lipinski definition) is 5. The van der Waals surface area contributed by atoms with Crippen molar-refractivity contribution in [3.8, 4) is 0 Å². The summed E-state index contributed by atoms with van der Waals surface area (Å²) < 4.78 is 15.4. The summed E-state index contributed by atoms with van der Waals surface area (Å²) in [5.41, 5.74) is 5.80. The fourth-order valence-corrected chi connectivity index (χ4v) is 2.05. The predicted octanol–water partition coefficient (Wildman–Crippen LogP) is 1.10. The Hall–Kier alpha value is -0.650. The first kappa shape index (κ1) is 15.4. The molecule has 1 rings (SSSR count). The van der Waals surface area contributed by atoms with E-state index in [0.717, 1.165) is 32.1 Å². The summed E-state index contributed by atoms with van der Waals surface area (Å²) in [6.07, 6.45) is 4.33. The highest BCUT2D eigenvalue weighted by Crippen LogP contribution is 2.24. The zero-order valence-electron chi connectivity index (χ0n) is 11.2. The molecule has 18 heavy (non-hydrogen) atoms. The molecule has 0 radical (unpaired) electrons. The molecule has 0 bridgehead atoms. The monoisotopic (exact) mass is 259 g/mol. The molecule has 1 aliphatic carbocycles. The van der Waals surface area contributed by atoms with Gasteiger partial charge in [-0.15, -0.1) is 0 Å². The summed E-state index contributed by atoms with van der Waals surface area (Å²) in [7, 11) is 1.64. The smallest absolute Gasteiger partial charge is 0.308 e.